The zero-order chi connectivity index (χ0) is 21.3. The monoisotopic (exact) mass is 443 g/mol. The van der Waals surface area contributed by atoms with E-state index in [4.69, 9.17) is 9.84 Å². The average molecular weight is 444 g/mol. The van der Waals surface area contributed by atoms with Crippen molar-refractivity contribution in [2.24, 2.45) is 5.92 Å². The quantitative estimate of drug-likeness (QED) is 0.556. The predicted octanol–water partition coefficient (Wildman–Crippen LogP) is 3.78. The molecule has 2 heterocycles. The Morgan fingerprint density at radius 3 is 2.50 bits per heavy atom. The first-order valence-electron chi connectivity index (χ1n) is 8.83. The van der Waals surface area contributed by atoms with Crippen LogP contribution in [0.5, 0.6) is 0 Å². The highest BCUT2D eigenvalue weighted by Gasteiger charge is 2.41. The summed E-state index contributed by atoms with van der Waals surface area (Å²) in [5.41, 5.74) is -0.137. The molecule has 0 spiro atoms. The van der Waals surface area contributed by atoms with Crippen molar-refractivity contribution >= 4 is 27.3 Å². The molecule has 2 atom stereocenters. The number of hydrogen-bond donors (Lipinski definition) is 1. The molecule has 0 aliphatic carbocycles. The molecule has 11 heteroatoms. The number of ether oxygens (including phenoxy) is 1. The highest BCUT2D eigenvalue weighted by atomic mass is 32.2. The van der Waals surface area contributed by atoms with Crippen molar-refractivity contribution in [1.29, 1.82) is 0 Å². The molecule has 1 N–H and O–H groups in total. The van der Waals surface area contributed by atoms with Gasteiger partial charge in [0, 0.05) is 20.0 Å². The molecule has 0 radical (unpaired) electrons. The Morgan fingerprint density at radius 2 is 2.04 bits per heavy atom. The van der Waals surface area contributed by atoms with Crippen molar-refractivity contribution in [3.63, 3.8) is 0 Å². The number of aliphatic carboxylic acids is 1. The van der Waals surface area contributed by atoms with Crippen LogP contribution < -0.4 is 0 Å². The van der Waals surface area contributed by atoms with Crippen LogP contribution >= 0.6 is 11.3 Å². The van der Waals surface area contributed by atoms with Gasteiger partial charge in [0.1, 0.15) is 9.09 Å². The van der Waals surface area contributed by atoms with Crippen molar-refractivity contribution in [1.82, 2.24) is 4.31 Å². The van der Waals surface area contributed by atoms with Gasteiger partial charge in [0.2, 0.25) is 0 Å². The minimum Gasteiger partial charge on any atom is -0.481 e. The Labute approximate surface area is 166 Å². The van der Waals surface area contributed by atoms with Crippen LogP contribution in [-0.4, -0.2) is 50.1 Å². The molecular formula is C17H24F3NO5S2. The van der Waals surface area contributed by atoms with Crippen molar-refractivity contribution < 1.29 is 36.2 Å². The third kappa shape index (κ3) is 5.91. The predicted molar refractivity (Wildman–Crippen MR) is 97.9 cm³/mol. The van der Waals surface area contributed by atoms with Crippen molar-refractivity contribution in [3.8, 4) is 0 Å². The molecule has 1 aromatic rings. The van der Waals surface area contributed by atoms with Gasteiger partial charge >= 0.3 is 12.1 Å². The van der Waals surface area contributed by atoms with Crippen LogP contribution in [0, 0.1) is 5.92 Å². The van der Waals surface area contributed by atoms with E-state index in [1.54, 1.807) is 0 Å². The summed E-state index contributed by atoms with van der Waals surface area (Å²) in [6.45, 7) is 4.16. The molecule has 2 rings (SSSR count). The third-order valence-corrected chi connectivity index (χ3v) is 7.89. The number of epoxide rings is 1. The van der Waals surface area contributed by atoms with E-state index in [0.29, 0.717) is 13.0 Å². The van der Waals surface area contributed by atoms with Crippen molar-refractivity contribution in [3.05, 3.63) is 16.5 Å². The molecule has 6 nitrogen and oxygen atoms in total. The van der Waals surface area contributed by atoms with Crippen LogP contribution in [0.15, 0.2) is 10.3 Å². The van der Waals surface area contributed by atoms with Gasteiger partial charge in [-0.1, -0.05) is 13.8 Å². The lowest BCUT2D eigenvalue weighted by atomic mass is 9.87. The lowest BCUT2D eigenvalue weighted by Gasteiger charge is -2.20. The molecule has 28 heavy (non-hydrogen) atoms. The van der Waals surface area contributed by atoms with E-state index in [1.165, 1.54) is 7.05 Å². The second-order valence-electron chi connectivity index (χ2n) is 7.35. The molecule has 1 unspecified atom stereocenters. The number of carboxylic acid groups (broad SMARTS) is 1. The van der Waals surface area contributed by atoms with E-state index >= 15 is 0 Å². The van der Waals surface area contributed by atoms with E-state index in [2.05, 4.69) is 0 Å². The van der Waals surface area contributed by atoms with Crippen LogP contribution in [0.3, 0.4) is 0 Å². The van der Waals surface area contributed by atoms with Gasteiger partial charge in [0.15, 0.2) is 0 Å². The number of halogens is 3. The molecule has 1 aliphatic rings. The highest BCUT2D eigenvalue weighted by molar-refractivity contribution is 7.91. The summed E-state index contributed by atoms with van der Waals surface area (Å²) in [5.74, 6) is -1.77. The minimum absolute atomic E-state index is 0.0125. The van der Waals surface area contributed by atoms with Crippen LogP contribution in [0.1, 0.15) is 49.5 Å². The van der Waals surface area contributed by atoms with Gasteiger partial charge in [-0.05, 0) is 36.3 Å². The summed E-state index contributed by atoms with van der Waals surface area (Å²) >= 11 is 0.196. The van der Waals surface area contributed by atoms with Gasteiger partial charge in [-0.25, -0.2) is 8.42 Å². The van der Waals surface area contributed by atoms with Gasteiger partial charge in [0.05, 0.1) is 12.7 Å². The normalized spacial score (nSPS) is 18.6. The fourth-order valence-corrected chi connectivity index (χ4v) is 5.86. The maximum atomic E-state index is 13.6. The standard InChI is InChI=1S/C17H24F3NO5S2/c1-10(2)6-11(4-5-14(22)23)13-7-15(27-16(13)17(18,19)20)28(24,25)21(3)8-12-9-26-12/h7,10-12H,4-6,8-9H2,1-3H3,(H,22,23)/t11-,12?/m0/s1. The first-order chi connectivity index (χ1) is 12.8. The Balaban J connectivity index is 2.44. The zero-order valence-electron chi connectivity index (χ0n) is 15.8. The Hall–Kier alpha value is -1.17. The number of sulfonamides is 1. The number of alkyl halides is 3. The molecule has 1 saturated heterocycles. The maximum Gasteiger partial charge on any atom is 0.425 e. The van der Waals surface area contributed by atoms with Crippen LogP contribution in [0.4, 0.5) is 13.2 Å². The number of carboxylic acids is 1. The lowest BCUT2D eigenvalue weighted by Crippen LogP contribution is -2.30. The van der Waals surface area contributed by atoms with Crippen LogP contribution in [0.2, 0.25) is 0 Å². The van der Waals surface area contributed by atoms with Gasteiger partial charge in [-0.3, -0.25) is 4.79 Å². The van der Waals surface area contributed by atoms with Gasteiger partial charge in [0.25, 0.3) is 10.0 Å². The fraction of sp³-hybridized carbons (Fsp3) is 0.706. The molecule has 1 aliphatic heterocycles. The number of hydrogen-bond acceptors (Lipinski definition) is 5. The summed E-state index contributed by atoms with van der Waals surface area (Å²) in [6, 6.07) is 1.07. The smallest absolute Gasteiger partial charge is 0.425 e. The Kier molecular flexibility index (Phi) is 7.17. The van der Waals surface area contributed by atoms with Crippen LogP contribution in [0.25, 0.3) is 0 Å². The topological polar surface area (TPSA) is 87.2 Å². The minimum atomic E-state index is -4.72. The molecule has 1 fully saturated rings. The second-order valence-corrected chi connectivity index (χ2v) is 10.7. The summed E-state index contributed by atoms with van der Waals surface area (Å²) in [7, 11) is -2.79. The van der Waals surface area contributed by atoms with Crippen molar-refractivity contribution in [2.45, 2.75) is 55.5 Å². The number of nitrogens with zero attached hydrogens (tertiary/aromatic N) is 1. The lowest BCUT2D eigenvalue weighted by molar-refractivity contribution is -0.137. The number of rotatable bonds is 10. The molecule has 0 amide bonds. The summed E-state index contributed by atoms with van der Waals surface area (Å²) in [5, 5.41) is 8.94. The van der Waals surface area contributed by atoms with Crippen LogP contribution in [-0.2, 0) is 25.7 Å². The largest absolute Gasteiger partial charge is 0.481 e. The molecule has 160 valence electrons. The first-order valence-corrected chi connectivity index (χ1v) is 11.1. The summed E-state index contributed by atoms with van der Waals surface area (Å²) in [6.07, 6.45) is -4.89. The van der Waals surface area contributed by atoms with E-state index in [1.807, 2.05) is 13.8 Å². The molecule has 0 saturated carbocycles. The van der Waals surface area contributed by atoms with Gasteiger partial charge in [-0.2, -0.15) is 17.5 Å². The van der Waals surface area contributed by atoms with Gasteiger partial charge < -0.3 is 9.84 Å². The van der Waals surface area contributed by atoms with E-state index < -0.39 is 33.0 Å². The second kappa shape index (κ2) is 8.68. The molecule has 0 aromatic carbocycles. The summed E-state index contributed by atoms with van der Waals surface area (Å²) in [4.78, 5) is 9.96. The molecule has 0 bridgehead atoms. The summed E-state index contributed by atoms with van der Waals surface area (Å²) < 4.78 is 71.9. The number of carbonyl (C=O) groups is 1. The molecular weight excluding hydrogens is 419 g/mol. The number of thiophene rings is 1. The van der Waals surface area contributed by atoms with E-state index in [-0.39, 0.29) is 52.5 Å². The molecule has 1 aromatic heterocycles. The van der Waals surface area contributed by atoms with Crippen molar-refractivity contribution in [2.75, 3.05) is 20.2 Å². The fourth-order valence-electron chi connectivity index (χ4n) is 3.01. The van der Waals surface area contributed by atoms with E-state index in [9.17, 15) is 26.4 Å². The highest BCUT2D eigenvalue weighted by Crippen LogP contribution is 2.45. The first kappa shape index (κ1) is 23.1. The maximum absolute atomic E-state index is 13.6. The average Bonchev–Trinajstić information content (AvgIpc) is 3.22. The number of likely N-dealkylation sites (N-methyl/N-ethyl adjacent to an activating group) is 1. The Morgan fingerprint density at radius 1 is 1.43 bits per heavy atom. The Bertz CT molecular complexity index is 800. The third-order valence-electron chi connectivity index (χ3n) is 4.43. The SMILES string of the molecule is CC(C)C[C@H](CCC(=O)O)c1cc(S(=O)(=O)N(C)CC2CO2)sc1C(F)(F)F. The zero-order valence-corrected chi connectivity index (χ0v) is 17.5. The van der Waals surface area contributed by atoms with E-state index in [0.717, 1.165) is 10.4 Å². The van der Waals surface area contributed by atoms with Gasteiger partial charge in [-0.15, -0.1) is 11.3 Å².